The second kappa shape index (κ2) is 4.48. The van der Waals surface area contributed by atoms with Crippen LogP contribution in [0.1, 0.15) is 32.6 Å². The van der Waals surface area contributed by atoms with Crippen LogP contribution in [0, 0.1) is 0 Å². The molecule has 0 spiro atoms. The highest BCUT2D eigenvalue weighted by atomic mass is 16.5. The highest BCUT2D eigenvalue weighted by Crippen LogP contribution is 2.11. The summed E-state index contributed by atoms with van der Waals surface area (Å²) < 4.78 is 5.54. The summed E-state index contributed by atoms with van der Waals surface area (Å²) >= 11 is 0. The van der Waals surface area contributed by atoms with Crippen molar-refractivity contribution in [3.05, 3.63) is 24.3 Å². The van der Waals surface area contributed by atoms with E-state index in [1.807, 2.05) is 20.8 Å². The minimum absolute atomic E-state index is 0.174. The maximum absolute atomic E-state index is 5.85. The first-order chi connectivity index (χ1) is 6.49. The Morgan fingerprint density at radius 3 is 2.43 bits per heavy atom. The maximum Gasteiger partial charge on any atom is 0.147 e. The summed E-state index contributed by atoms with van der Waals surface area (Å²) in [4.78, 5) is 8.13. The molecule has 0 bridgehead atoms. The molecular formula is C10H17N3O. The molecule has 0 fully saturated rings. The zero-order valence-corrected chi connectivity index (χ0v) is 8.90. The zero-order valence-electron chi connectivity index (χ0n) is 8.90. The number of hydrogen-bond acceptors (Lipinski definition) is 4. The summed E-state index contributed by atoms with van der Waals surface area (Å²) in [5, 5.41) is 0. The van der Waals surface area contributed by atoms with Crippen LogP contribution in [-0.2, 0) is 4.74 Å². The molecule has 0 aliphatic heterocycles. The first-order valence-corrected chi connectivity index (χ1v) is 4.65. The van der Waals surface area contributed by atoms with Crippen molar-refractivity contribution in [2.75, 3.05) is 6.61 Å². The number of hydrogen-bond donors (Lipinski definition) is 1. The largest absolute Gasteiger partial charge is 0.374 e. The van der Waals surface area contributed by atoms with E-state index >= 15 is 0 Å². The Morgan fingerprint density at radius 1 is 1.36 bits per heavy atom. The lowest BCUT2D eigenvalue weighted by molar-refractivity contribution is -0.0111. The van der Waals surface area contributed by atoms with Crippen LogP contribution in [0.3, 0.4) is 0 Å². The van der Waals surface area contributed by atoms with E-state index in [1.165, 1.54) is 0 Å². The SMILES string of the molecule is CC(C)(C)OC[C@H](N)c1ncccn1. The van der Waals surface area contributed by atoms with Gasteiger partial charge in [-0.05, 0) is 26.8 Å². The van der Waals surface area contributed by atoms with E-state index in [-0.39, 0.29) is 11.6 Å². The normalized spacial score (nSPS) is 14.0. The molecule has 4 nitrogen and oxygen atoms in total. The van der Waals surface area contributed by atoms with Crippen LogP contribution in [-0.4, -0.2) is 22.2 Å². The molecule has 78 valence electrons. The molecule has 1 aromatic rings. The molecular weight excluding hydrogens is 178 g/mol. The Kier molecular flexibility index (Phi) is 3.55. The van der Waals surface area contributed by atoms with Crippen molar-refractivity contribution in [3.8, 4) is 0 Å². The van der Waals surface area contributed by atoms with E-state index in [1.54, 1.807) is 18.5 Å². The van der Waals surface area contributed by atoms with E-state index in [9.17, 15) is 0 Å². The van der Waals surface area contributed by atoms with Gasteiger partial charge in [0, 0.05) is 12.4 Å². The lowest BCUT2D eigenvalue weighted by Gasteiger charge is -2.21. The van der Waals surface area contributed by atoms with Crippen LogP contribution in [0.25, 0.3) is 0 Å². The fourth-order valence-corrected chi connectivity index (χ4v) is 0.916. The maximum atomic E-state index is 5.85. The molecule has 0 saturated heterocycles. The monoisotopic (exact) mass is 195 g/mol. The van der Waals surface area contributed by atoms with E-state index in [0.717, 1.165) is 0 Å². The van der Waals surface area contributed by atoms with E-state index in [4.69, 9.17) is 10.5 Å². The summed E-state index contributed by atoms with van der Waals surface area (Å²) in [6, 6.07) is 1.51. The lowest BCUT2D eigenvalue weighted by atomic mass is 10.2. The number of nitrogens with zero attached hydrogens (tertiary/aromatic N) is 2. The lowest BCUT2D eigenvalue weighted by Crippen LogP contribution is -2.27. The topological polar surface area (TPSA) is 61.0 Å². The van der Waals surface area contributed by atoms with Gasteiger partial charge in [0.25, 0.3) is 0 Å². The third-order valence-electron chi connectivity index (χ3n) is 1.61. The van der Waals surface area contributed by atoms with Gasteiger partial charge in [0.2, 0.25) is 0 Å². The van der Waals surface area contributed by atoms with Crippen LogP contribution in [0.5, 0.6) is 0 Å². The minimum atomic E-state index is -0.254. The van der Waals surface area contributed by atoms with Crippen molar-refractivity contribution < 1.29 is 4.74 Å². The van der Waals surface area contributed by atoms with Gasteiger partial charge in [-0.15, -0.1) is 0 Å². The van der Waals surface area contributed by atoms with Crippen LogP contribution in [0.4, 0.5) is 0 Å². The Bertz CT molecular complexity index is 268. The molecule has 2 N–H and O–H groups in total. The fourth-order valence-electron chi connectivity index (χ4n) is 0.916. The molecule has 0 saturated carbocycles. The average Bonchev–Trinajstić information content (AvgIpc) is 2.14. The van der Waals surface area contributed by atoms with E-state index in [0.29, 0.717) is 12.4 Å². The third-order valence-corrected chi connectivity index (χ3v) is 1.61. The summed E-state index contributed by atoms with van der Waals surface area (Å²) in [6.45, 7) is 6.41. The number of rotatable bonds is 3. The molecule has 0 aliphatic rings. The van der Waals surface area contributed by atoms with Crippen molar-refractivity contribution in [3.63, 3.8) is 0 Å². The first kappa shape index (κ1) is 11.1. The standard InChI is InChI=1S/C10H17N3O/c1-10(2,3)14-7-8(11)9-12-5-4-6-13-9/h4-6,8H,7,11H2,1-3H3/t8-/m0/s1. The van der Waals surface area contributed by atoms with Crippen LogP contribution >= 0.6 is 0 Å². The van der Waals surface area contributed by atoms with Crippen LogP contribution in [0.2, 0.25) is 0 Å². The van der Waals surface area contributed by atoms with Crippen LogP contribution in [0.15, 0.2) is 18.5 Å². The average molecular weight is 195 g/mol. The number of nitrogens with two attached hydrogens (primary N) is 1. The molecule has 0 aliphatic carbocycles. The number of aromatic nitrogens is 2. The Balaban J connectivity index is 2.48. The Labute approximate surface area is 84.5 Å². The molecule has 0 radical (unpaired) electrons. The summed E-state index contributed by atoms with van der Waals surface area (Å²) in [5.74, 6) is 0.622. The summed E-state index contributed by atoms with van der Waals surface area (Å²) in [7, 11) is 0. The minimum Gasteiger partial charge on any atom is -0.374 e. The van der Waals surface area contributed by atoms with Gasteiger partial charge in [0.15, 0.2) is 0 Å². The summed E-state index contributed by atoms with van der Waals surface area (Å²) in [5.41, 5.74) is 5.68. The molecule has 14 heavy (non-hydrogen) atoms. The predicted molar refractivity (Wildman–Crippen MR) is 54.7 cm³/mol. The van der Waals surface area contributed by atoms with Gasteiger partial charge in [0.1, 0.15) is 5.82 Å². The Morgan fingerprint density at radius 2 is 1.93 bits per heavy atom. The Hall–Kier alpha value is -1.00. The van der Waals surface area contributed by atoms with Gasteiger partial charge < -0.3 is 10.5 Å². The molecule has 1 aromatic heterocycles. The molecule has 4 heteroatoms. The second-order valence-corrected chi connectivity index (χ2v) is 4.14. The van der Waals surface area contributed by atoms with Crippen molar-refractivity contribution in [1.29, 1.82) is 0 Å². The molecule has 0 amide bonds. The van der Waals surface area contributed by atoms with E-state index < -0.39 is 0 Å². The molecule has 0 aromatic carbocycles. The fraction of sp³-hybridized carbons (Fsp3) is 0.600. The van der Waals surface area contributed by atoms with Gasteiger partial charge in [-0.1, -0.05) is 0 Å². The van der Waals surface area contributed by atoms with Crippen LogP contribution < -0.4 is 5.73 Å². The van der Waals surface area contributed by atoms with E-state index in [2.05, 4.69) is 9.97 Å². The first-order valence-electron chi connectivity index (χ1n) is 4.65. The highest BCUT2D eigenvalue weighted by Gasteiger charge is 2.15. The van der Waals surface area contributed by atoms with Gasteiger partial charge in [0.05, 0.1) is 18.2 Å². The van der Waals surface area contributed by atoms with Crippen molar-refractivity contribution in [2.24, 2.45) is 5.73 Å². The van der Waals surface area contributed by atoms with Gasteiger partial charge in [-0.25, -0.2) is 9.97 Å². The van der Waals surface area contributed by atoms with Crippen molar-refractivity contribution in [1.82, 2.24) is 9.97 Å². The second-order valence-electron chi connectivity index (χ2n) is 4.14. The van der Waals surface area contributed by atoms with Gasteiger partial charge >= 0.3 is 0 Å². The number of ether oxygens (including phenoxy) is 1. The predicted octanol–water partition coefficient (Wildman–Crippen LogP) is 1.29. The molecule has 0 unspecified atom stereocenters. The smallest absolute Gasteiger partial charge is 0.147 e. The van der Waals surface area contributed by atoms with Gasteiger partial charge in [-0.3, -0.25) is 0 Å². The third kappa shape index (κ3) is 3.81. The molecule has 1 heterocycles. The van der Waals surface area contributed by atoms with Crippen molar-refractivity contribution >= 4 is 0 Å². The highest BCUT2D eigenvalue weighted by molar-refractivity contribution is 4.94. The van der Waals surface area contributed by atoms with Gasteiger partial charge in [-0.2, -0.15) is 0 Å². The molecule has 1 atom stereocenters. The zero-order chi connectivity index (χ0) is 10.6. The quantitative estimate of drug-likeness (QED) is 0.789. The molecule has 1 rings (SSSR count). The summed E-state index contributed by atoms with van der Waals surface area (Å²) in [6.07, 6.45) is 3.36. The van der Waals surface area contributed by atoms with Crippen molar-refractivity contribution in [2.45, 2.75) is 32.4 Å².